The molecule has 0 bridgehead atoms. The minimum Gasteiger partial charge on any atom is -0.391 e. The van der Waals surface area contributed by atoms with Crippen molar-refractivity contribution in [2.45, 2.75) is 0 Å². The average molecular weight is 332 g/mol. The van der Waals surface area contributed by atoms with Crippen LogP contribution in [0, 0.1) is 5.21 Å². The molecule has 0 aliphatic carbocycles. The Balaban J connectivity index is 2.03. The second-order valence-corrected chi connectivity index (χ2v) is 4.95. The van der Waals surface area contributed by atoms with E-state index >= 15 is 0 Å². The van der Waals surface area contributed by atoms with Gasteiger partial charge in [-0.3, -0.25) is 5.32 Å². The van der Waals surface area contributed by atoms with Crippen molar-refractivity contribution in [3.8, 4) is 11.3 Å². The molecule has 3 aromatic rings. The zero-order valence-electron chi connectivity index (χ0n) is 10.3. The van der Waals surface area contributed by atoms with Crippen LogP contribution in [0.15, 0.2) is 63.7 Å². The molecule has 1 N–H and O–H groups in total. The third kappa shape index (κ3) is 2.37. The summed E-state index contributed by atoms with van der Waals surface area (Å²) < 4.78 is 5.54. The summed E-state index contributed by atoms with van der Waals surface area (Å²) in [6, 6.07) is 16.9. The van der Waals surface area contributed by atoms with Crippen molar-refractivity contribution in [1.82, 2.24) is 5.16 Å². The molecule has 0 fully saturated rings. The summed E-state index contributed by atoms with van der Waals surface area (Å²) in [6.07, 6.45) is 0. The van der Waals surface area contributed by atoms with Crippen LogP contribution in [0.25, 0.3) is 11.3 Å². The van der Waals surface area contributed by atoms with Crippen LogP contribution in [0.3, 0.4) is 0 Å². The number of nitrogens with one attached hydrogen (secondary N) is 1. The van der Waals surface area contributed by atoms with Gasteiger partial charge in [0.15, 0.2) is 0 Å². The van der Waals surface area contributed by atoms with Crippen LogP contribution in [0.1, 0.15) is 0 Å². The first-order valence-corrected chi connectivity index (χ1v) is 6.71. The van der Waals surface area contributed by atoms with Gasteiger partial charge in [-0.15, -0.1) is 0 Å². The molecule has 0 unspecified atom stereocenters. The minimum absolute atomic E-state index is 0.253. The molecule has 100 valence electrons. The highest BCUT2D eigenvalue weighted by Gasteiger charge is 2.20. The quantitative estimate of drug-likeness (QED) is 0.746. The summed E-state index contributed by atoms with van der Waals surface area (Å²) in [5, 5.41) is 18.6. The van der Waals surface area contributed by atoms with Crippen LogP contribution >= 0.6 is 15.9 Å². The van der Waals surface area contributed by atoms with E-state index in [0.717, 1.165) is 15.7 Å². The van der Waals surface area contributed by atoms with Gasteiger partial charge in [-0.05, 0) is 33.2 Å². The summed E-state index contributed by atoms with van der Waals surface area (Å²) >= 11 is 3.42. The lowest BCUT2D eigenvalue weighted by atomic mass is 10.1. The molecule has 0 aliphatic heterocycles. The van der Waals surface area contributed by atoms with E-state index in [2.05, 4.69) is 26.4 Å². The van der Waals surface area contributed by atoms with E-state index in [1.54, 1.807) is 0 Å². The topological polar surface area (TPSA) is 65.0 Å². The molecule has 0 spiro atoms. The lowest BCUT2D eigenvalue weighted by Gasteiger charge is -2.04. The third-order valence-corrected chi connectivity index (χ3v) is 3.48. The number of nitrogens with zero attached hydrogens (tertiary/aromatic N) is 2. The van der Waals surface area contributed by atoms with Crippen LogP contribution in [-0.4, -0.2) is 5.16 Å². The van der Waals surface area contributed by atoms with Gasteiger partial charge in [0.05, 0.1) is 4.47 Å². The fraction of sp³-hybridized carbons (Fsp3) is 0. The Hall–Kier alpha value is -2.34. The Morgan fingerprint density at radius 1 is 1.05 bits per heavy atom. The molecule has 1 heterocycles. The lowest BCUT2D eigenvalue weighted by Crippen LogP contribution is -2.26. The molecule has 1 aromatic heterocycles. The van der Waals surface area contributed by atoms with E-state index in [1.807, 2.05) is 54.6 Å². The van der Waals surface area contributed by atoms with E-state index in [-0.39, 0.29) is 5.82 Å². The SMILES string of the molecule is [O-][n+]1onc(-c2ccccc2)c1Nc1ccccc1Br. The molecule has 0 radical (unpaired) electrons. The van der Waals surface area contributed by atoms with Gasteiger partial charge >= 0.3 is 5.82 Å². The van der Waals surface area contributed by atoms with E-state index in [1.165, 1.54) is 0 Å². The smallest absolute Gasteiger partial charge is 0.307 e. The van der Waals surface area contributed by atoms with Gasteiger partial charge in [-0.1, -0.05) is 47.4 Å². The first kappa shape index (κ1) is 12.7. The van der Waals surface area contributed by atoms with Crippen LogP contribution in [0.5, 0.6) is 0 Å². The fourth-order valence-electron chi connectivity index (χ4n) is 1.83. The molecule has 20 heavy (non-hydrogen) atoms. The monoisotopic (exact) mass is 331 g/mol. The van der Waals surface area contributed by atoms with Crippen molar-refractivity contribution in [2.24, 2.45) is 0 Å². The van der Waals surface area contributed by atoms with E-state index in [9.17, 15) is 5.21 Å². The normalized spacial score (nSPS) is 10.4. The van der Waals surface area contributed by atoms with Crippen molar-refractivity contribution < 1.29 is 9.53 Å². The van der Waals surface area contributed by atoms with Crippen molar-refractivity contribution in [1.29, 1.82) is 0 Å². The number of para-hydroxylation sites is 1. The van der Waals surface area contributed by atoms with Crippen LogP contribution in [0.4, 0.5) is 11.5 Å². The number of hydrogen-bond acceptors (Lipinski definition) is 4. The first-order valence-electron chi connectivity index (χ1n) is 5.92. The van der Waals surface area contributed by atoms with Gasteiger partial charge in [-0.25, -0.2) is 0 Å². The van der Waals surface area contributed by atoms with E-state index in [0.29, 0.717) is 10.6 Å². The highest BCUT2D eigenvalue weighted by atomic mass is 79.9. The summed E-state index contributed by atoms with van der Waals surface area (Å²) in [4.78, 5) is 0.363. The summed E-state index contributed by atoms with van der Waals surface area (Å²) in [5.74, 6) is 0.253. The Kier molecular flexibility index (Phi) is 3.39. The number of hydrogen-bond donors (Lipinski definition) is 1. The van der Waals surface area contributed by atoms with Gasteiger partial charge < -0.3 is 9.84 Å². The van der Waals surface area contributed by atoms with Gasteiger partial charge in [0.2, 0.25) is 5.69 Å². The maximum absolute atomic E-state index is 11.7. The van der Waals surface area contributed by atoms with Gasteiger partial charge in [0.1, 0.15) is 5.69 Å². The zero-order valence-corrected chi connectivity index (χ0v) is 11.9. The van der Waals surface area contributed by atoms with Gasteiger partial charge in [0.25, 0.3) is 0 Å². The molecule has 0 atom stereocenters. The molecule has 0 saturated carbocycles. The predicted molar refractivity (Wildman–Crippen MR) is 78.3 cm³/mol. The van der Waals surface area contributed by atoms with E-state index < -0.39 is 0 Å². The molecule has 5 nitrogen and oxygen atoms in total. The maximum atomic E-state index is 11.7. The van der Waals surface area contributed by atoms with Crippen LogP contribution in [-0.2, 0) is 0 Å². The molecular formula is C14H10BrN3O2. The highest BCUT2D eigenvalue weighted by Crippen LogP contribution is 2.29. The number of rotatable bonds is 3. The Labute approximate surface area is 123 Å². The molecule has 0 saturated heterocycles. The Bertz CT molecular complexity index is 728. The molecule has 0 aliphatic rings. The molecule has 0 amide bonds. The minimum atomic E-state index is 0.253. The first-order chi connectivity index (χ1) is 9.75. The molecular weight excluding hydrogens is 322 g/mol. The Morgan fingerprint density at radius 2 is 1.75 bits per heavy atom. The molecule has 2 aromatic carbocycles. The largest absolute Gasteiger partial charge is 0.391 e. The van der Waals surface area contributed by atoms with Crippen LogP contribution in [0.2, 0.25) is 0 Å². The standard InChI is InChI=1S/C14H10BrN3O2/c15-11-8-4-5-9-12(11)16-14-13(17-20-18(14)19)10-6-2-1-3-7-10/h1-9,16H. The number of anilines is 2. The molecule has 3 rings (SSSR count). The summed E-state index contributed by atoms with van der Waals surface area (Å²) in [5.41, 5.74) is 2.04. The average Bonchev–Trinajstić information content (AvgIpc) is 2.84. The number of benzene rings is 2. The van der Waals surface area contributed by atoms with Crippen molar-refractivity contribution in [3.05, 3.63) is 64.3 Å². The predicted octanol–water partition coefficient (Wildman–Crippen LogP) is 3.48. The second-order valence-electron chi connectivity index (χ2n) is 4.10. The maximum Gasteiger partial charge on any atom is 0.307 e. The summed E-state index contributed by atoms with van der Waals surface area (Å²) in [7, 11) is 0. The zero-order chi connectivity index (χ0) is 13.9. The van der Waals surface area contributed by atoms with Crippen molar-refractivity contribution >= 4 is 27.4 Å². The lowest BCUT2D eigenvalue weighted by molar-refractivity contribution is -0.790. The fourth-order valence-corrected chi connectivity index (χ4v) is 2.21. The van der Waals surface area contributed by atoms with Crippen LogP contribution < -0.4 is 10.2 Å². The Morgan fingerprint density at radius 3 is 2.50 bits per heavy atom. The second kappa shape index (κ2) is 5.34. The number of halogens is 1. The highest BCUT2D eigenvalue weighted by molar-refractivity contribution is 9.10. The number of aromatic nitrogens is 2. The van der Waals surface area contributed by atoms with E-state index in [4.69, 9.17) is 4.63 Å². The van der Waals surface area contributed by atoms with Crippen molar-refractivity contribution in [3.63, 3.8) is 0 Å². The van der Waals surface area contributed by atoms with Gasteiger partial charge in [-0.2, -0.15) is 0 Å². The molecule has 6 heteroatoms. The third-order valence-electron chi connectivity index (χ3n) is 2.79. The van der Waals surface area contributed by atoms with Crippen molar-refractivity contribution in [2.75, 3.05) is 5.32 Å². The summed E-state index contributed by atoms with van der Waals surface area (Å²) in [6.45, 7) is 0. The van der Waals surface area contributed by atoms with Gasteiger partial charge in [0, 0.05) is 5.56 Å².